The molecule has 32 heavy (non-hydrogen) atoms. The first kappa shape index (κ1) is 25.2. The van der Waals surface area contributed by atoms with Crippen molar-refractivity contribution < 1.29 is 23.5 Å². The van der Waals surface area contributed by atoms with Crippen LogP contribution >= 0.6 is 0 Å². The first-order chi connectivity index (χ1) is 14.4. The van der Waals surface area contributed by atoms with Crippen LogP contribution in [-0.2, 0) is 18.4 Å². The average Bonchev–Trinajstić information content (AvgIpc) is 2.86. The Bertz CT molecular complexity index is 923. The van der Waals surface area contributed by atoms with Crippen LogP contribution in [-0.4, -0.2) is 45.5 Å². The number of carbonyl (C=O) groups is 1. The summed E-state index contributed by atoms with van der Waals surface area (Å²) in [5.74, 6) is -0.148. The number of hydrogen-bond donors (Lipinski definition) is 1. The van der Waals surface area contributed by atoms with Gasteiger partial charge < -0.3 is 18.7 Å². The fraction of sp³-hybridized carbons (Fsp3) is 0.640. The highest BCUT2D eigenvalue weighted by molar-refractivity contribution is 6.74. The summed E-state index contributed by atoms with van der Waals surface area (Å²) >= 11 is 0. The number of aromatic hydroxyl groups is 1. The molecule has 0 saturated carbocycles. The van der Waals surface area contributed by atoms with Crippen LogP contribution in [0.5, 0.6) is 5.75 Å². The third-order valence-electron chi connectivity index (χ3n) is 7.79. The van der Waals surface area contributed by atoms with Crippen LogP contribution in [0.25, 0.3) is 5.57 Å². The number of carbonyl (C=O) groups excluding carboxylic acids is 1. The molecule has 1 N–H and O–H groups in total. The number of ether oxygens (including phenoxy) is 1. The fourth-order valence-electron chi connectivity index (χ4n) is 3.77. The molecule has 0 spiro atoms. The molecule has 178 valence electrons. The van der Waals surface area contributed by atoms with Crippen molar-refractivity contribution in [2.45, 2.75) is 102 Å². The lowest BCUT2D eigenvalue weighted by atomic mass is 9.82. The highest BCUT2D eigenvalue weighted by Crippen LogP contribution is 2.50. The predicted molar refractivity (Wildman–Crippen MR) is 134 cm³/mol. The molecule has 3 atom stereocenters. The van der Waals surface area contributed by atoms with E-state index in [0.29, 0.717) is 6.42 Å². The Morgan fingerprint density at radius 1 is 1.03 bits per heavy atom. The molecule has 0 amide bonds. The second-order valence-corrected chi connectivity index (χ2v) is 21.8. The van der Waals surface area contributed by atoms with Gasteiger partial charge in [-0.05, 0) is 65.6 Å². The first-order valence-corrected chi connectivity index (χ1v) is 17.3. The van der Waals surface area contributed by atoms with Gasteiger partial charge in [0.25, 0.3) is 0 Å². The molecule has 0 radical (unpaired) electrons. The Kier molecular flexibility index (Phi) is 6.16. The monoisotopic (exact) mass is 476 g/mol. The van der Waals surface area contributed by atoms with Gasteiger partial charge in [0.15, 0.2) is 22.2 Å². The molecule has 1 aliphatic heterocycles. The minimum Gasteiger partial charge on any atom is -0.508 e. The number of hydrogen-bond acceptors (Lipinski definition) is 5. The molecule has 2 bridgehead atoms. The molecular weight excluding hydrogens is 436 g/mol. The lowest BCUT2D eigenvalue weighted by Crippen LogP contribution is -2.53. The summed E-state index contributed by atoms with van der Waals surface area (Å²) in [6, 6.07) is 7.14. The van der Waals surface area contributed by atoms with Crippen LogP contribution in [0.15, 0.2) is 30.3 Å². The van der Waals surface area contributed by atoms with Crippen molar-refractivity contribution in [3.63, 3.8) is 0 Å². The van der Waals surface area contributed by atoms with Crippen molar-refractivity contribution in [3.8, 4) is 5.75 Å². The summed E-state index contributed by atoms with van der Waals surface area (Å²) in [6.07, 6.45) is 1.59. The molecule has 1 saturated heterocycles. The zero-order chi connectivity index (χ0) is 24.3. The summed E-state index contributed by atoms with van der Waals surface area (Å²) in [5, 5.41) is 10.1. The minimum absolute atomic E-state index is 0.00568. The number of phenolic OH excluding ortho intramolecular Hbond substituents is 1. The molecule has 7 heteroatoms. The van der Waals surface area contributed by atoms with E-state index in [0.717, 1.165) is 11.1 Å². The van der Waals surface area contributed by atoms with Crippen molar-refractivity contribution in [3.05, 3.63) is 35.9 Å². The van der Waals surface area contributed by atoms with Crippen LogP contribution in [0.2, 0.25) is 36.3 Å². The number of phenols is 1. The maximum Gasteiger partial charge on any atom is 0.341 e. The minimum atomic E-state index is -2.27. The topological polar surface area (TPSA) is 65.0 Å². The van der Waals surface area contributed by atoms with Crippen LogP contribution in [0, 0.1) is 0 Å². The summed E-state index contributed by atoms with van der Waals surface area (Å²) in [6.45, 7) is 21.8. The molecule has 2 aliphatic rings. The fourth-order valence-corrected chi connectivity index (χ4v) is 6.48. The van der Waals surface area contributed by atoms with Crippen LogP contribution < -0.4 is 0 Å². The third kappa shape index (κ3) is 4.49. The lowest BCUT2D eigenvalue weighted by molar-refractivity contribution is -0.151. The second kappa shape index (κ2) is 7.82. The molecule has 1 heterocycles. The predicted octanol–water partition coefficient (Wildman–Crippen LogP) is 6.26. The van der Waals surface area contributed by atoms with E-state index in [4.69, 9.17) is 13.6 Å². The SMILES string of the molecule is CC(C)(C)[Si](C)(C)O[C@@H]1C(c2cccc(O)c2)=C[C@]2(O[Si](C)(C)C(C)(C)C)C[C@H]1OC2=O. The summed E-state index contributed by atoms with van der Waals surface area (Å²) < 4.78 is 19.5. The highest BCUT2D eigenvalue weighted by atomic mass is 28.4. The normalized spacial score (nSPS) is 26.7. The Morgan fingerprint density at radius 3 is 2.16 bits per heavy atom. The Balaban J connectivity index is 2.13. The molecule has 1 fully saturated rings. The van der Waals surface area contributed by atoms with Crippen molar-refractivity contribution in [2.75, 3.05) is 0 Å². The van der Waals surface area contributed by atoms with Crippen molar-refractivity contribution >= 4 is 28.2 Å². The number of benzene rings is 1. The van der Waals surface area contributed by atoms with Crippen LogP contribution in [0.4, 0.5) is 0 Å². The maximum absolute atomic E-state index is 13.3. The van der Waals surface area contributed by atoms with Gasteiger partial charge in [-0.15, -0.1) is 0 Å². The van der Waals surface area contributed by atoms with E-state index in [1.165, 1.54) is 0 Å². The third-order valence-corrected chi connectivity index (χ3v) is 16.7. The Hall–Kier alpha value is -1.42. The number of esters is 1. The van der Waals surface area contributed by atoms with Gasteiger partial charge in [-0.2, -0.15) is 0 Å². The molecular formula is C25H40O5Si2. The Morgan fingerprint density at radius 2 is 1.62 bits per heavy atom. The average molecular weight is 477 g/mol. The molecule has 1 aromatic carbocycles. The van der Waals surface area contributed by atoms with Gasteiger partial charge in [-0.1, -0.05) is 53.7 Å². The highest BCUT2D eigenvalue weighted by Gasteiger charge is 2.60. The molecule has 5 nitrogen and oxygen atoms in total. The second-order valence-electron chi connectivity index (χ2n) is 12.3. The van der Waals surface area contributed by atoms with E-state index in [2.05, 4.69) is 67.7 Å². The van der Waals surface area contributed by atoms with Crippen LogP contribution in [0.3, 0.4) is 0 Å². The summed E-state index contributed by atoms with van der Waals surface area (Å²) in [7, 11) is -4.44. The lowest BCUT2D eigenvalue weighted by Gasteiger charge is -2.45. The van der Waals surface area contributed by atoms with Gasteiger partial charge in [-0.25, -0.2) is 4.79 Å². The largest absolute Gasteiger partial charge is 0.508 e. The summed E-state index contributed by atoms with van der Waals surface area (Å²) in [5.41, 5.74) is 0.591. The molecule has 0 unspecified atom stereocenters. The van der Waals surface area contributed by atoms with Crippen molar-refractivity contribution in [2.24, 2.45) is 0 Å². The van der Waals surface area contributed by atoms with Gasteiger partial charge in [0.1, 0.15) is 18.0 Å². The quantitative estimate of drug-likeness (QED) is 0.401. The molecule has 1 aromatic rings. The Labute approximate surface area is 195 Å². The van der Waals surface area contributed by atoms with Gasteiger partial charge in [-0.3, -0.25) is 0 Å². The van der Waals surface area contributed by atoms with E-state index < -0.39 is 28.3 Å². The molecule has 0 aromatic heterocycles. The standard InChI is InChI=1S/C25H40O5Si2/c1-23(2,3)31(7,8)29-21-19(17-12-11-13-18(26)14-17)15-25(16-20(21)28-22(25)27)30-32(9,10)24(4,5)6/h11-15,20-21,26H,16H2,1-10H3/t20-,21-,25+/m1/s1. The van der Waals surface area contributed by atoms with Crippen molar-refractivity contribution in [1.82, 2.24) is 0 Å². The van der Waals surface area contributed by atoms with E-state index in [9.17, 15) is 9.90 Å². The number of fused-ring (bicyclic) bond motifs is 2. The zero-order valence-electron chi connectivity index (χ0n) is 21.3. The van der Waals surface area contributed by atoms with Gasteiger partial charge in [0.05, 0.1) is 0 Å². The molecule has 1 aliphatic carbocycles. The smallest absolute Gasteiger partial charge is 0.341 e. The van der Waals surface area contributed by atoms with Crippen molar-refractivity contribution in [1.29, 1.82) is 0 Å². The van der Waals surface area contributed by atoms with E-state index in [1.54, 1.807) is 12.1 Å². The zero-order valence-corrected chi connectivity index (χ0v) is 23.3. The van der Waals surface area contributed by atoms with Gasteiger partial charge >= 0.3 is 5.97 Å². The molecule has 3 rings (SSSR count). The van der Waals surface area contributed by atoms with Crippen LogP contribution in [0.1, 0.15) is 53.5 Å². The van der Waals surface area contributed by atoms with Gasteiger partial charge in [0.2, 0.25) is 0 Å². The van der Waals surface area contributed by atoms with E-state index in [1.807, 2.05) is 18.2 Å². The van der Waals surface area contributed by atoms with Gasteiger partial charge in [0, 0.05) is 6.42 Å². The summed E-state index contributed by atoms with van der Waals surface area (Å²) in [4.78, 5) is 13.3. The van der Waals surface area contributed by atoms with E-state index >= 15 is 0 Å². The first-order valence-electron chi connectivity index (χ1n) is 11.5. The number of rotatable bonds is 5. The van der Waals surface area contributed by atoms with E-state index in [-0.39, 0.29) is 27.9 Å². The maximum atomic E-state index is 13.3.